The maximum atomic E-state index is 11.9. The summed E-state index contributed by atoms with van der Waals surface area (Å²) in [6.07, 6.45) is 2.13. The average molecular weight is 249 g/mol. The number of para-hydroxylation sites is 1. The Morgan fingerprint density at radius 2 is 2.06 bits per heavy atom. The van der Waals surface area contributed by atoms with E-state index in [1.165, 1.54) is 6.07 Å². The molecule has 0 aromatic heterocycles. The fourth-order valence-electron chi connectivity index (χ4n) is 1.94. The molecule has 0 saturated carbocycles. The molecule has 1 aromatic rings. The summed E-state index contributed by atoms with van der Waals surface area (Å²) >= 11 is 0. The predicted octanol–water partition coefficient (Wildman–Crippen LogP) is 1.89. The van der Waals surface area contributed by atoms with Crippen LogP contribution in [-0.2, 0) is 9.53 Å². The van der Waals surface area contributed by atoms with E-state index in [0.717, 1.165) is 12.8 Å². The standard InChI is InChI=1S/C13H15NO4/c15-12(11-7-3-4-8-18-11)14-10-6-2-1-5-9(10)13(16)17/h1-2,5-6,11H,3-4,7-8H2,(H,14,15)(H,16,17). The van der Waals surface area contributed by atoms with Crippen LogP contribution >= 0.6 is 0 Å². The largest absolute Gasteiger partial charge is 0.478 e. The van der Waals surface area contributed by atoms with Crippen LogP contribution in [0.2, 0.25) is 0 Å². The normalized spacial score (nSPS) is 19.2. The lowest BCUT2D eigenvalue weighted by Crippen LogP contribution is -2.33. The maximum Gasteiger partial charge on any atom is 0.337 e. The van der Waals surface area contributed by atoms with E-state index in [-0.39, 0.29) is 11.5 Å². The molecular formula is C13H15NO4. The number of carbonyl (C=O) groups is 2. The van der Waals surface area contributed by atoms with Gasteiger partial charge in [0.1, 0.15) is 6.10 Å². The number of carboxylic acids is 1. The number of ether oxygens (including phenoxy) is 1. The van der Waals surface area contributed by atoms with Crippen LogP contribution in [0, 0.1) is 0 Å². The van der Waals surface area contributed by atoms with E-state index >= 15 is 0 Å². The summed E-state index contributed by atoms with van der Waals surface area (Å²) in [5.74, 6) is -1.33. The third kappa shape index (κ3) is 2.87. The average Bonchev–Trinajstić information content (AvgIpc) is 2.40. The topological polar surface area (TPSA) is 75.6 Å². The molecule has 1 atom stereocenters. The molecule has 1 aromatic carbocycles. The quantitative estimate of drug-likeness (QED) is 0.857. The minimum Gasteiger partial charge on any atom is -0.478 e. The second-order valence-corrected chi connectivity index (χ2v) is 4.20. The first kappa shape index (κ1) is 12.6. The molecule has 1 aliphatic heterocycles. The van der Waals surface area contributed by atoms with Gasteiger partial charge >= 0.3 is 5.97 Å². The molecule has 0 spiro atoms. The van der Waals surface area contributed by atoms with Crippen LogP contribution in [0.3, 0.4) is 0 Å². The number of carboxylic acid groups (broad SMARTS) is 1. The molecule has 1 amide bonds. The Morgan fingerprint density at radius 1 is 1.28 bits per heavy atom. The van der Waals surface area contributed by atoms with Crippen LogP contribution in [0.1, 0.15) is 29.6 Å². The highest BCUT2D eigenvalue weighted by molar-refractivity contribution is 6.01. The maximum absolute atomic E-state index is 11.9. The number of anilines is 1. The minimum absolute atomic E-state index is 0.0849. The summed E-state index contributed by atoms with van der Waals surface area (Å²) in [6, 6.07) is 6.34. The van der Waals surface area contributed by atoms with Crippen molar-refractivity contribution in [3.05, 3.63) is 29.8 Å². The zero-order valence-electron chi connectivity index (χ0n) is 9.89. The van der Waals surface area contributed by atoms with Crippen LogP contribution in [0.5, 0.6) is 0 Å². The van der Waals surface area contributed by atoms with E-state index in [2.05, 4.69) is 5.32 Å². The van der Waals surface area contributed by atoms with Gasteiger partial charge in [0.05, 0.1) is 11.3 Å². The molecule has 18 heavy (non-hydrogen) atoms. The smallest absolute Gasteiger partial charge is 0.337 e. The van der Waals surface area contributed by atoms with Gasteiger partial charge in [-0.1, -0.05) is 12.1 Å². The van der Waals surface area contributed by atoms with Gasteiger partial charge < -0.3 is 15.2 Å². The Bertz CT molecular complexity index is 452. The lowest BCUT2D eigenvalue weighted by atomic mass is 10.1. The summed E-state index contributed by atoms with van der Waals surface area (Å²) in [7, 11) is 0. The van der Waals surface area contributed by atoms with Gasteiger partial charge in [0.2, 0.25) is 0 Å². The molecule has 5 nitrogen and oxygen atoms in total. The van der Waals surface area contributed by atoms with Crippen molar-refractivity contribution in [3.8, 4) is 0 Å². The Hall–Kier alpha value is -1.88. The molecule has 0 bridgehead atoms. The predicted molar refractivity (Wildman–Crippen MR) is 65.6 cm³/mol. The highest BCUT2D eigenvalue weighted by Crippen LogP contribution is 2.18. The Kier molecular flexibility index (Phi) is 3.94. The molecule has 1 fully saturated rings. The first-order valence-corrected chi connectivity index (χ1v) is 5.93. The second kappa shape index (κ2) is 5.64. The Labute approximate surface area is 105 Å². The highest BCUT2D eigenvalue weighted by Gasteiger charge is 2.23. The van der Waals surface area contributed by atoms with E-state index in [4.69, 9.17) is 9.84 Å². The summed E-state index contributed by atoms with van der Waals surface area (Å²) in [4.78, 5) is 22.9. The molecule has 1 saturated heterocycles. The highest BCUT2D eigenvalue weighted by atomic mass is 16.5. The molecule has 2 N–H and O–H groups in total. The van der Waals surface area contributed by atoms with Crippen molar-refractivity contribution < 1.29 is 19.4 Å². The van der Waals surface area contributed by atoms with Gasteiger partial charge in [-0.15, -0.1) is 0 Å². The van der Waals surface area contributed by atoms with Crippen LogP contribution in [-0.4, -0.2) is 29.7 Å². The third-order valence-corrected chi connectivity index (χ3v) is 2.89. The van der Waals surface area contributed by atoms with Crippen LogP contribution in [0.25, 0.3) is 0 Å². The van der Waals surface area contributed by atoms with Crippen molar-refractivity contribution in [3.63, 3.8) is 0 Å². The number of aromatic carboxylic acids is 1. The van der Waals surface area contributed by atoms with Crippen molar-refractivity contribution in [1.82, 2.24) is 0 Å². The van der Waals surface area contributed by atoms with Crippen molar-refractivity contribution >= 4 is 17.6 Å². The van der Waals surface area contributed by atoms with E-state index in [9.17, 15) is 9.59 Å². The zero-order chi connectivity index (χ0) is 13.0. The number of hydrogen-bond donors (Lipinski definition) is 2. The number of nitrogens with one attached hydrogen (secondary N) is 1. The molecule has 1 heterocycles. The number of amides is 1. The van der Waals surface area contributed by atoms with Gasteiger partial charge in [-0.25, -0.2) is 4.79 Å². The fourth-order valence-corrected chi connectivity index (χ4v) is 1.94. The molecule has 2 rings (SSSR count). The van der Waals surface area contributed by atoms with Gasteiger partial charge in [-0.05, 0) is 31.4 Å². The first-order chi connectivity index (χ1) is 8.68. The van der Waals surface area contributed by atoms with Crippen molar-refractivity contribution in [2.45, 2.75) is 25.4 Å². The third-order valence-electron chi connectivity index (χ3n) is 2.89. The van der Waals surface area contributed by atoms with Crippen LogP contribution in [0.4, 0.5) is 5.69 Å². The molecule has 0 aliphatic carbocycles. The summed E-state index contributed by atoms with van der Waals surface area (Å²) in [5, 5.41) is 11.6. The monoisotopic (exact) mass is 249 g/mol. The van der Waals surface area contributed by atoms with Crippen molar-refractivity contribution in [2.24, 2.45) is 0 Å². The van der Waals surface area contributed by atoms with Crippen molar-refractivity contribution in [2.75, 3.05) is 11.9 Å². The first-order valence-electron chi connectivity index (χ1n) is 5.93. The van der Waals surface area contributed by atoms with Crippen LogP contribution < -0.4 is 5.32 Å². The van der Waals surface area contributed by atoms with Gasteiger partial charge in [0, 0.05) is 6.61 Å². The van der Waals surface area contributed by atoms with Gasteiger partial charge in [0.15, 0.2) is 0 Å². The number of rotatable bonds is 3. The summed E-state index contributed by atoms with van der Waals surface area (Å²) in [6.45, 7) is 0.582. The molecule has 0 radical (unpaired) electrons. The van der Waals surface area contributed by atoms with Gasteiger partial charge in [-0.3, -0.25) is 4.79 Å². The minimum atomic E-state index is -1.06. The Morgan fingerprint density at radius 3 is 2.72 bits per heavy atom. The SMILES string of the molecule is O=C(O)c1ccccc1NC(=O)C1CCCCO1. The van der Waals surface area contributed by atoms with Crippen LogP contribution in [0.15, 0.2) is 24.3 Å². The summed E-state index contributed by atoms with van der Waals surface area (Å²) < 4.78 is 5.35. The molecule has 1 aliphatic rings. The zero-order valence-corrected chi connectivity index (χ0v) is 9.89. The molecule has 96 valence electrons. The lowest BCUT2D eigenvalue weighted by molar-refractivity contribution is -0.129. The van der Waals surface area contributed by atoms with Crippen molar-refractivity contribution in [1.29, 1.82) is 0 Å². The molecule has 1 unspecified atom stereocenters. The van der Waals surface area contributed by atoms with E-state index < -0.39 is 12.1 Å². The number of carbonyl (C=O) groups excluding carboxylic acids is 1. The summed E-state index contributed by atoms with van der Waals surface area (Å²) in [5.41, 5.74) is 0.394. The Balaban J connectivity index is 2.08. The molecular weight excluding hydrogens is 234 g/mol. The van der Waals surface area contributed by atoms with Gasteiger partial charge in [0.25, 0.3) is 5.91 Å². The van der Waals surface area contributed by atoms with Gasteiger partial charge in [-0.2, -0.15) is 0 Å². The van der Waals surface area contributed by atoms with E-state index in [0.29, 0.717) is 18.7 Å². The molecule has 5 heteroatoms. The lowest BCUT2D eigenvalue weighted by Gasteiger charge is -2.22. The fraction of sp³-hybridized carbons (Fsp3) is 0.385. The second-order valence-electron chi connectivity index (χ2n) is 4.20. The number of benzene rings is 1. The van der Waals surface area contributed by atoms with E-state index in [1.807, 2.05) is 0 Å². The number of hydrogen-bond acceptors (Lipinski definition) is 3. The van der Waals surface area contributed by atoms with E-state index in [1.54, 1.807) is 18.2 Å².